The minimum absolute atomic E-state index is 0.0318. The topological polar surface area (TPSA) is 119 Å². The number of Topliss-reactive ketones (excluding diaryl/α,β-unsaturated/α-hetero) is 1. The van der Waals surface area contributed by atoms with Crippen LogP contribution in [0.5, 0.6) is 0 Å². The molecule has 4 aliphatic carbocycles. The van der Waals surface area contributed by atoms with E-state index >= 15 is 8.78 Å². The molecule has 9 heteroatoms. The number of alkyl halides is 2. The number of rotatable bonds is 3. The minimum atomic E-state index is -2.30. The van der Waals surface area contributed by atoms with Gasteiger partial charge in [-0.1, -0.05) is 43.0 Å². The second-order valence-corrected chi connectivity index (χ2v) is 13.5. The number of nitrogen functional groups attached to an aromatic ring is 1. The fourth-order valence-electron chi connectivity index (χ4n) is 9.20. The molecule has 10 atom stereocenters. The van der Waals surface area contributed by atoms with E-state index in [2.05, 4.69) is 11.8 Å². The Morgan fingerprint density at radius 1 is 1.09 bits per heavy atom. The van der Waals surface area contributed by atoms with Gasteiger partial charge in [0.05, 0.1) is 12.2 Å². The van der Waals surface area contributed by atoms with E-state index in [1.54, 1.807) is 43.3 Å². The smallest absolute Gasteiger partial charge is 0.193 e. The Hall–Kier alpha value is -3.68. The van der Waals surface area contributed by atoms with Crippen LogP contribution in [0.2, 0.25) is 0 Å². The molecule has 1 saturated heterocycles. The zero-order chi connectivity index (χ0) is 31.9. The highest BCUT2D eigenvalue weighted by Crippen LogP contribution is 2.72. The lowest BCUT2D eigenvalue weighted by Crippen LogP contribution is -2.70. The maximum absolute atomic E-state index is 17.5. The van der Waals surface area contributed by atoms with Crippen LogP contribution < -0.4 is 5.73 Å². The van der Waals surface area contributed by atoms with Crippen LogP contribution in [-0.2, 0) is 19.1 Å². The van der Waals surface area contributed by atoms with Gasteiger partial charge in [-0.15, -0.1) is 0 Å². The molecule has 4 fully saturated rings. The van der Waals surface area contributed by atoms with Crippen molar-refractivity contribution in [3.63, 3.8) is 0 Å². The lowest BCUT2D eigenvalue weighted by molar-refractivity contribution is -0.235. The average molecular weight is 616 g/mol. The van der Waals surface area contributed by atoms with Gasteiger partial charge in [-0.25, -0.2) is 8.78 Å². The SMILES string of the molecule is C[C@]12C=CC(=O)C=C1[C@@H](F)C[C@H]1[C@@H]3C[C@H]4O[C@H](c5ccc(C#Cc6cccc(N)c6)cc5)O[C@@]4(C(=O)CO)[C@@]3(C)C[C@H](O)[C@@]12F. The Balaban J connectivity index is 1.21. The Labute approximate surface area is 260 Å². The fraction of sp³-hybridized carbons (Fsp3) is 0.444. The van der Waals surface area contributed by atoms with E-state index in [-0.39, 0.29) is 24.8 Å². The predicted octanol–water partition coefficient (Wildman–Crippen LogP) is 4.31. The molecule has 0 amide bonds. The third kappa shape index (κ3) is 4.02. The van der Waals surface area contributed by atoms with Gasteiger partial charge in [-0.05, 0) is 80.2 Å². The predicted molar refractivity (Wildman–Crippen MR) is 161 cm³/mol. The Morgan fingerprint density at radius 3 is 2.53 bits per heavy atom. The zero-order valence-electron chi connectivity index (χ0n) is 25.0. The normalized spacial score (nSPS) is 41.2. The lowest BCUT2D eigenvalue weighted by Gasteiger charge is -2.63. The number of hydrogen-bond acceptors (Lipinski definition) is 7. The number of halogens is 2. The summed E-state index contributed by atoms with van der Waals surface area (Å²) in [6.45, 7) is 2.45. The first-order valence-electron chi connectivity index (χ1n) is 15.3. The molecule has 2 aromatic rings. The first-order chi connectivity index (χ1) is 21.4. The Kier molecular flexibility index (Phi) is 6.77. The van der Waals surface area contributed by atoms with Crippen LogP contribution in [0.15, 0.2) is 72.3 Å². The van der Waals surface area contributed by atoms with E-state index < -0.39 is 76.8 Å². The quantitative estimate of drug-likeness (QED) is 0.348. The molecule has 45 heavy (non-hydrogen) atoms. The molecule has 7 rings (SSSR count). The van der Waals surface area contributed by atoms with Crippen LogP contribution in [0.3, 0.4) is 0 Å². The number of carbonyl (C=O) groups is 2. The molecule has 234 valence electrons. The molecule has 1 aliphatic heterocycles. The number of aliphatic hydroxyl groups is 2. The number of ketones is 2. The number of allylic oxidation sites excluding steroid dienone is 4. The molecule has 4 N–H and O–H groups in total. The highest BCUT2D eigenvalue weighted by Gasteiger charge is 2.80. The molecule has 0 aromatic heterocycles. The largest absolute Gasteiger partial charge is 0.399 e. The van der Waals surface area contributed by atoms with E-state index in [1.807, 2.05) is 12.1 Å². The summed E-state index contributed by atoms with van der Waals surface area (Å²) in [6, 6.07) is 14.4. The van der Waals surface area contributed by atoms with Crippen molar-refractivity contribution in [1.82, 2.24) is 0 Å². The van der Waals surface area contributed by atoms with E-state index in [9.17, 15) is 19.8 Å². The number of nitrogens with two attached hydrogens (primary N) is 1. The van der Waals surface area contributed by atoms with Gasteiger partial charge in [0, 0.05) is 39.1 Å². The number of anilines is 1. The number of fused-ring (bicyclic) bond motifs is 7. The molecule has 0 unspecified atom stereocenters. The standard InChI is InChI=1S/C36H35F2NO6/c1-33-13-12-24(41)15-27(33)28(37)16-26-25-17-31-36(30(43)19-40,34(25,2)18-29(42)35(26,33)38)45-32(44-31)22-10-8-20(9-11-22)6-7-21-4-3-5-23(39)14-21/h3-5,8-15,25-26,28-29,31-32,40,42H,16-19,39H2,1-2H3/t25-,26-,28-,29-,31+,32-,33-,34-,35-,36+/m0/s1. The first kappa shape index (κ1) is 30.0. The van der Waals surface area contributed by atoms with Gasteiger partial charge in [0.2, 0.25) is 0 Å². The van der Waals surface area contributed by atoms with E-state index in [1.165, 1.54) is 19.1 Å². The summed E-state index contributed by atoms with van der Waals surface area (Å²) >= 11 is 0. The van der Waals surface area contributed by atoms with Gasteiger partial charge >= 0.3 is 0 Å². The summed E-state index contributed by atoms with van der Waals surface area (Å²) in [5.41, 5.74) is 1.92. The minimum Gasteiger partial charge on any atom is -0.399 e. The Morgan fingerprint density at radius 2 is 1.82 bits per heavy atom. The molecule has 0 radical (unpaired) electrons. The second-order valence-electron chi connectivity index (χ2n) is 13.5. The van der Waals surface area contributed by atoms with Gasteiger partial charge in [-0.3, -0.25) is 9.59 Å². The van der Waals surface area contributed by atoms with Crippen molar-refractivity contribution in [1.29, 1.82) is 0 Å². The van der Waals surface area contributed by atoms with E-state index in [4.69, 9.17) is 15.2 Å². The molecule has 1 heterocycles. The highest BCUT2D eigenvalue weighted by atomic mass is 19.1. The summed E-state index contributed by atoms with van der Waals surface area (Å²) in [5, 5.41) is 21.8. The van der Waals surface area contributed by atoms with Gasteiger partial charge in [0.25, 0.3) is 0 Å². The maximum Gasteiger partial charge on any atom is 0.193 e. The van der Waals surface area contributed by atoms with Crippen LogP contribution in [0.1, 0.15) is 56.1 Å². The maximum atomic E-state index is 17.5. The summed E-state index contributed by atoms with van der Waals surface area (Å²) < 4.78 is 46.2. The molecule has 0 bridgehead atoms. The van der Waals surface area contributed by atoms with Gasteiger partial charge in [-0.2, -0.15) is 0 Å². The molecule has 7 nitrogen and oxygen atoms in total. The van der Waals surface area contributed by atoms with Gasteiger partial charge in [0.1, 0.15) is 12.8 Å². The molecule has 2 aromatic carbocycles. The van der Waals surface area contributed by atoms with Crippen molar-refractivity contribution in [3.8, 4) is 11.8 Å². The number of hydrogen-bond donors (Lipinski definition) is 3. The molecule has 5 aliphatic rings. The van der Waals surface area contributed by atoms with Gasteiger partial charge < -0.3 is 25.4 Å². The van der Waals surface area contributed by atoms with Crippen LogP contribution in [-0.4, -0.2) is 58.0 Å². The van der Waals surface area contributed by atoms with Gasteiger partial charge in [0.15, 0.2) is 29.1 Å². The van der Waals surface area contributed by atoms with Crippen LogP contribution in [0.25, 0.3) is 0 Å². The van der Waals surface area contributed by atoms with Crippen LogP contribution >= 0.6 is 0 Å². The monoisotopic (exact) mass is 615 g/mol. The van der Waals surface area contributed by atoms with Crippen molar-refractivity contribution in [2.75, 3.05) is 12.3 Å². The van der Waals surface area contributed by atoms with Crippen LogP contribution in [0, 0.1) is 34.5 Å². The fourth-order valence-corrected chi connectivity index (χ4v) is 9.20. The summed E-state index contributed by atoms with van der Waals surface area (Å²) in [7, 11) is 0. The van der Waals surface area contributed by atoms with Crippen molar-refractivity contribution < 1.29 is 38.1 Å². The third-order valence-corrected chi connectivity index (χ3v) is 11.3. The molecule has 3 saturated carbocycles. The zero-order valence-corrected chi connectivity index (χ0v) is 25.0. The molecular weight excluding hydrogens is 580 g/mol. The number of carbonyl (C=O) groups excluding carboxylic acids is 2. The molecular formula is C36H35F2NO6. The Bertz CT molecular complexity index is 1710. The summed E-state index contributed by atoms with van der Waals surface area (Å²) in [4.78, 5) is 25.8. The molecule has 0 spiro atoms. The lowest BCUT2D eigenvalue weighted by atomic mass is 9.44. The number of aliphatic hydroxyl groups excluding tert-OH is 2. The summed E-state index contributed by atoms with van der Waals surface area (Å²) in [6.07, 6.45) is -1.54. The van der Waals surface area contributed by atoms with Crippen LogP contribution in [0.4, 0.5) is 14.5 Å². The van der Waals surface area contributed by atoms with E-state index in [0.717, 1.165) is 17.2 Å². The van der Waals surface area contributed by atoms with E-state index in [0.29, 0.717) is 11.3 Å². The van der Waals surface area contributed by atoms with Crippen molar-refractivity contribution >= 4 is 17.3 Å². The average Bonchev–Trinajstić information content (AvgIpc) is 3.52. The van der Waals surface area contributed by atoms with Crippen molar-refractivity contribution in [3.05, 3.63) is 89.0 Å². The number of ether oxygens (including phenoxy) is 2. The highest BCUT2D eigenvalue weighted by molar-refractivity contribution is 6.01. The van der Waals surface area contributed by atoms with Crippen molar-refractivity contribution in [2.24, 2.45) is 22.7 Å². The summed E-state index contributed by atoms with van der Waals surface area (Å²) in [5.74, 6) is 3.52. The first-order valence-corrected chi connectivity index (χ1v) is 15.3. The number of benzene rings is 2. The van der Waals surface area contributed by atoms with Crippen molar-refractivity contribution in [2.45, 2.75) is 69.0 Å². The second kappa shape index (κ2) is 10.2. The third-order valence-electron chi connectivity index (χ3n) is 11.3.